The fraction of sp³-hybridized carbons (Fsp3) is 0.182. The average Bonchev–Trinajstić information content (AvgIpc) is 2.22. The Morgan fingerprint density at radius 3 is 1.95 bits per heavy atom. The first kappa shape index (κ1) is 19.8. The number of hydrogen-bond acceptors (Lipinski definition) is 3. The number of nitrogens with two attached hydrogens (primary N) is 1. The van der Waals surface area contributed by atoms with Crippen LogP contribution in [0.5, 0.6) is 0 Å². The summed E-state index contributed by atoms with van der Waals surface area (Å²) in [6.45, 7) is 2.70. The molecule has 0 aliphatic carbocycles. The van der Waals surface area contributed by atoms with E-state index in [0.717, 1.165) is 3.57 Å². The molecular weight excluding hydrogens is 605 g/mol. The molecule has 1 rings (SSSR count). The Morgan fingerprint density at radius 2 is 1.60 bits per heavy atom. The van der Waals surface area contributed by atoms with E-state index in [1.807, 2.05) is 45.2 Å². The molecule has 1 aromatic carbocycles. The molecule has 0 aliphatic rings. The van der Waals surface area contributed by atoms with Gasteiger partial charge in [0, 0.05) is 21.0 Å². The molecule has 4 N–H and O–H groups in total. The topological polar surface area (TPSA) is 109 Å². The van der Waals surface area contributed by atoms with Crippen LogP contribution in [0.25, 0.3) is 0 Å². The molecule has 20 heavy (non-hydrogen) atoms. The van der Waals surface area contributed by atoms with E-state index in [1.165, 1.54) is 13.8 Å². The number of benzene rings is 1. The maximum atomic E-state index is 11.1. The Morgan fingerprint density at radius 1 is 1.15 bits per heavy atom. The zero-order valence-electron chi connectivity index (χ0n) is 10.5. The molecule has 0 unspecified atom stereocenters. The van der Waals surface area contributed by atoms with Gasteiger partial charge in [0.2, 0.25) is 11.8 Å². The highest BCUT2D eigenvalue weighted by Crippen LogP contribution is 2.31. The predicted molar refractivity (Wildman–Crippen MR) is 101 cm³/mol. The summed E-state index contributed by atoms with van der Waals surface area (Å²) in [6.07, 6.45) is 0. The fourth-order valence-corrected chi connectivity index (χ4v) is 5.18. The van der Waals surface area contributed by atoms with Gasteiger partial charge in [0.05, 0.1) is 14.8 Å². The first-order valence-electron chi connectivity index (χ1n) is 5.02. The summed E-state index contributed by atoms with van der Waals surface area (Å²) in [6, 6.07) is 1.73. The van der Waals surface area contributed by atoms with Crippen molar-refractivity contribution >= 4 is 91.2 Å². The van der Waals surface area contributed by atoms with Gasteiger partial charge >= 0.3 is 5.97 Å². The van der Waals surface area contributed by atoms with Gasteiger partial charge in [-0.25, -0.2) is 4.79 Å². The molecule has 0 aromatic heterocycles. The summed E-state index contributed by atoms with van der Waals surface area (Å²) < 4.78 is 2.04. The molecule has 0 bridgehead atoms. The van der Waals surface area contributed by atoms with Gasteiger partial charge in [0.15, 0.2) is 0 Å². The van der Waals surface area contributed by atoms with Crippen LogP contribution in [0.15, 0.2) is 6.07 Å². The third-order valence-corrected chi connectivity index (χ3v) is 4.47. The molecule has 110 valence electrons. The molecule has 9 heteroatoms. The predicted octanol–water partition coefficient (Wildman–Crippen LogP) is 2.65. The smallest absolute Gasteiger partial charge is 0.337 e. The van der Waals surface area contributed by atoms with Crippen LogP contribution in [-0.2, 0) is 9.59 Å². The van der Waals surface area contributed by atoms with Gasteiger partial charge < -0.3 is 16.2 Å². The molecule has 0 heterocycles. The number of carboxylic acids is 1. The lowest BCUT2D eigenvalue weighted by atomic mass is 10.2. The van der Waals surface area contributed by atoms with Crippen LogP contribution in [-0.4, -0.2) is 22.9 Å². The maximum Gasteiger partial charge on any atom is 0.337 e. The van der Waals surface area contributed by atoms with E-state index in [-0.39, 0.29) is 17.4 Å². The van der Waals surface area contributed by atoms with Crippen LogP contribution < -0.4 is 11.1 Å². The second kappa shape index (κ2) is 8.96. The van der Waals surface area contributed by atoms with Gasteiger partial charge in [-0.05, 0) is 73.8 Å². The van der Waals surface area contributed by atoms with Crippen LogP contribution in [0.1, 0.15) is 24.2 Å². The summed E-state index contributed by atoms with van der Waals surface area (Å²) in [5.74, 6) is -1.54. The second-order valence-corrected chi connectivity index (χ2v) is 6.90. The third kappa shape index (κ3) is 6.51. The normalized spacial score (nSPS) is 9.25. The quantitative estimate of drug-likeness (QED) is 0.445. The minimum atomic E-state index is -0.989. The van der Waals surface area contributed by atoms with Crippen molar-refractivity contribution in [1.29, 1.82) is 0 Å². The van der Waals surface area contributed by atoms with Crippen molar-refractivity contribution in [3.63, 3.8) is 0 Å². The van der Waals surface area contributed by atoms with Gasteiger partial charge in [0.1, 0.15) is 0 Å². The monoisotopic (exact) mass is 616 g/mol. The van der Waals surface area contributed by atoms with E-state index >= 15 is 0 Å². The Kier molecular flexibility index (Phi) is 8.88. The van der Waals surface area contributed by atoms with E-state index in [9.17, 15) is 14.4 Å². The highest BCUT2D eigenvalue weighted by molar-refractivity contribution is 14.1. The number of carbonyl (C=O) groups is 3. The van der Waals surface area contributed by atoms with Gasteiger partial charge in [-0.3, -0.25) is 9.59 Å². The van der Waals surface area contributed by atoms with E-state index in [4.69, 9.17) is 5.11 Å². The summed E-state index contributed by atoms with van der Waals surface area (Å²) in [5, 5.41) is 11.7. The average molecular weight is 616 g/mol. The van der Waals surface area contributed by atoms with Gasteiger partial charge in [-0.15, -0.1) is 0 Å². The molecule has 0 spiro atoms. The lowest BCUT2D eigenvalue weighted by Crippen LogP contribution is -2.13. The lowest BCUT2D eigenvalue weighted by molar-refractivity contribution is -0.116. The lowest BCUT2D eigenvalue weighted by Gasteiger charge is -2.12. The van der Waals surface area contributed by atoms with Crippen molar-refractivity contribution in [1.82, 2.24) is 0 Å². The molecule has 0 radical (unpaired) electrons. The molecule has 0 atom stereocenters. The van der Waals surface area contributed by atoms with Crippen LogP contribution in [0.3, 0.4) is 0 Å². The van der Waals surface area contributed by atoms with E-state index in [1.54, 1.807) is 6.07 Å². The largest absolute Gasteiger partial charge is 0.478 e. The van der Waals surface area contributed by atoms with Crippen LogP contribution in [0.2, 0.25) is 0 Å². The van der Waals surface area contributed by atoms with Crippen molar-refractivity contribution in [2.75, 3.05) is 5.32 Å². The molecule has 6 nitrogen and oxygen atoms in total. The van der Waals surface area contributed by atoms with Crippen LogP contribution in [0.4, 0.5) is 5.69 Å². The molecule has 0 saturated carbocycles. The van der Waals surface area contributed by atoms with Gasteiger partial charge in [-0.2, -0.15) is 0 Å². The van der Waals surface area contributed by atoms with E-state index in [2.05, 4.69) is 33.6 Å². The summed E-state index contributed by atoms with van der Waals surface area (Å²) in [7, 11) is 0. The standard InChI is InChI=1S/C9H6I3NO3.C2H5NO/c1-3(14)13-8-5(11)2-4(10)6(7(8)12)9(15)16;1-2(3)4/h2H,1H3,(H,13,14)(H,15,16);1H3,(H2,3,4). The van der Waals surface area contributed by atoms with Crippen LogP contribution in [0, 0.1) is 10.7 Å². The number of rotatable bonds is 2. The molecule has 0 saturated heterocycles. The highest BCUT2D eigenvalue weighted by atomic mass is 127. The molecule has 1 aromatic rings. The van der Waals surface area contributed by atoms with Crippen molar-refractivity contribution in [3.8, 4) is 0 Å². The first-order valence-corrected chi connectivity index (χ1v) is 8.26. The molecule has 0 fully saturated rings. The van der Waals surface area contributed by atoms with Crippen molar-refractivity contribution < 1.29 is 19.5 Å². The summed E-state index contributed by atoms with van der Waals surface area (Å²) in [4.78, 5) is 31.3. The van der Waals surface area contributed by atoms with Gasteiger partial charge in [0.25, 0.3) is 0 Å². The van der Waals surface area contributed by atoms with Crippen molar-refractivity contribution in [2.24, 2.45) is 5.73 Å². The van der Waals surface area contributed by atoms with Crippen molar-refractivity contribution in [3.05, 3.63) is 22.3 Å². The zero-order chi connectivity index (χ0) is 16.0. The number of carboxylic acid groups (broad SMARTS) is 1. The maximum absolute atomic E-state index is 11.1. The van der Waals surface area contributed by atoms with E-state index < -0.39 is 5.97 Å². The van der Waals surface area contributed by atoms with E-state index in [0.29, 0.717) is 12.8 Å². The van der Waals surface area contributed by atoms with Crippen LogP contribution >= 0.6 is 67.8 Å². The second-order valence-electron chi connectivity index (χ2n) is 3.50. The minimum Gasteiger partial charge on any atom is -0.478 e. The Balaban J connectivity index is 0.000000796. The van der Waals surface area contributed by atoms with Crippen molar-refractivity contribution in [2.45, 2.75) is 13.8 Å². The number of aromatic carboxylic acids is 1. The number of amides is 2. The Bertz CT molecular complexity index is 557. The molecule has 2 amide bonds. The number of hydrogen-bond donors (Lipinski definition) is 3. The third-order valence-electron chi connectivity index (χ3n) is 1.68. The summed E-state index contributed by atoms with van der Waals surface area (Å²) in [5.41, 5.74) is 5.26. The van der Waals surface area contributed by atoms with Gasteiger partial charge in [-0.1, -0.05) is 0 Å². The number of nitrogens with one attached hydrogen (secondary N) is 1. The first-order chi connectivity index (χ1) is 9.07. The molecular formula is C11H11I3N2O4. The Hall–Kier alpha value is -0.180. The zero-order valence-corrected chi connectivity index (χ0v) is 16.9. The molecule has 0 aliphatic heterocycles. The fourth-order valence-electron chi connectivity index (χ4n) is 1.08. The SMILES string of the molecule is CC(=O)Nc1c(I)cc(I)c(C(=O)O)c1I.CC(N)=O. The number of halogens is 3. The highest BCUT2D eigenvalue weighted by Gasteiger charge is 2.19. The number of anilines is 1. The number of primary amides is 1. The number of carbonyl (C=O) groups excluding carboxylic acids is 2. The minimum absolute atomic E-state index is 0.214. The summed E-state index contributed by atoms with van der Waals surface area (Å²) >= 11 is 5.98. The Labute approximate surface area is 156 Å².